The fraction of sp³-hybridized carbons (Fsp3) is 0.462. The van der Waals surface area contributed by atoms with Crippen LogP contribution in [-0.2, 0) is 0 Å². The second-order valence-electron chi connectivity index (χ2n) is 3.81. The Morgan fingerprint density at radius 2 is 1.50 bits per heavy atom. The lowest BCUT2D eigenvalue weighted by Crippen LogP contribution is -2.30. The van der Waals surface area contributed by atoms with Gasteiger partial charge in [0.25, 0.3) is 0 Å². The van der Waals surface area contributed by atoms with Crippen LogP contribution in [0.5, 0.6) is 0 Å². The van der Waals surface area contributed by atoms with Crippen LogP contribution in [0.4, 0.5) is 0 Å². The van der Waals surface area contributed by atoms with E-state index in [1.165, 1.54) is 0 Å². The van der Waals surface area contributed by atoms with Crippen LogP contribution in [0.25, 0.3) is 0 Å². The van der Waals surface area contributed by atoms with Crippen molar-refractivity contribution in [3.8, 4) is 0 Å². The molecule has 0 aliphatic carbocycles. The molecule has 2 nitrogen and oxygen atoms in total. The standard InChI is InChI=1S/C7H6O.C6H16OSi/c8-6-7-4-2-1-3-5-7;1-4-8(7,5-2)6-3/h1-6H;7H,4-6H2,1-3H3. The van der Waals surface area contributed by atoms with Crippen molar-refractivity contribution in [1.82, 2.24) is 0 Å². The van der Waals surface area contributed by atoms with Crippen LogP contribution in [-0.4, -0.2) is 19.4 Å². The molecule has 16 heavy (non-hydrogen) atoms. The molecule has 0 aromatic heterocycles. The molecule has 1 aromatic carbocycles. The van der Waals surface area contributed by atoms with Crippen molar-refractivity contribution in [2.45, 2.75) is 38.9 Å². The molecule has 90 valence electrons. The summed E-state index contributed by atoms with van der Waals surface area (Å²) < 4.78 is 0. The van der Waals surface area contributed by atoms with Crippen LogP contribution >= 0.6 is 0 Å². The van der Waals surface area contributed by atoms with E-state index in [0.29, 0.717) is 0 Å². The Kier molecular flexibility index (Phi) is 7.76. The maximum Gasteiger partial charge on any atom is 0.187 e. The number of carbonyl (C=O) groups excluding carboxylic acids is 1. The lowest BCUT2D eigenvalue weighted by Gasteiger charge is -2.18. The van der Waals surface area contributed by atoms with Crippen molar-refractivity contribution in [2.75, 3.05) is 0 Å². The third kappa shape index (κ3) is 5.83. The van der Waals surface area contributed by atoms with Gasteiger partial charge in [0.15, 0.2) is 8.32 Å². The molecule has 1 aromatic rings. The molecule has 1 N–H and O–H groups in total. The van der Waals surface area contributed by atoms with Crippen molar-refractivity contribution in [2.24, 2.45) is 0 Å². The van der Waals surface area contributed by atoms with E-state index in [1.54, 1.807) is 12.1 Å². The largest absolute Gasteiger partial charge is 0.432 e. The summed E-state index contributed by atoms with van der Waals surface area (Å²) >= 11 is 0. The van der Waals surface area contributed by atoms with Crippen molar-refractivity contribution in [1.29, 1.82) is 0 Å². The Labute approximate surface area is 99.5 Å². The predicted octanol–water partition coefficient (Wildman–Crippen LogP) is 3.48. The Morgan fingerprint density at radius 3 is 1.69 bits per heavy atom. The zero-order chi connectivity index (χ0) is 12.4. The minimum Gasteiger partial charge on any atom is -0.432 e. The molecule has 0 bridgehead atoms. The topological polar surface area (TPSA) is 37.3 Å². The normalized spacial score (nSPS) is 10.2. The first-order valence-corrected chi connectivity index (χ1v) is 8.41. The smallest absolute Gasteiger partial charge is 0.187 e. The summed E-state index contributed by atoms with van der Waals surface area (Å²) in [5, 5.41) is 0. The van der Waals surface area contributed by atoms with Gasteiger partial charge in [0.1, 0.15) is 6.29 Å². The van der Waals surface area contributed by atoms with Crippen molar-refractivity contribution >= 4 is 14.6 Å². The number of hydrogen-bond donors (Lipinski definition) is 1. The molecule has 0 heterocycles. The summed E-state index contributed by atoms with van der Waals surface area (Å²) in [6.07, 6.45) is 0.833. The molecule has 0 fully saturated rings. The molecule has 0 saturated heterocycles. The number of benzene rings is 1. The van der Waals surface area contributed by atoms with Crippen molar-refractivity contribution in [3.63, 3.8) is 0 Å². The quantitative estimate of drug-likeness (QED) is 0.644. The molecular weight excluding hydrogens is 216 g/mol. The number of rotatable bonds is 4. The van der Waals surface area contributed by atoms with E-state index >= 15 is 0 Å². The third-order valence-corrected chi connectivity index (χ3v) is 6.86. The second kappa shape index (κ2) is 8.25. The van der Waals surface area contributed by atoms with Crippen LogP contribution < -0.4 is 0 Å². The minimum atomic E-state index is -1.67. The van der Waals surface area contributed by atoms with E-state index in [0.717, 1.165) is 30.0 Å². The molecule has 0 spiro atoms. The molecular formula is C13H22O2Si. The van der Waals surface area contributed by atoms with Crippen LogP contribution in [0.3, 0.4) is 0 Å². The van der Waals surface area contributed by atoms with E-state index in [-0.39, 0.29) is 0 Å². The summed E-state index contributed by atoms with van der Waals surface area (Å²) in [5.74, 6) is 0. The highest BCUT2D eigenvalue weighted by Gasteiger charge is 2.22. The van der Waals surface area contributed by atoms with Gasteiger partial charge in [0.05, 0.1) is 0 Å². The van der Waals surface area contributed by atoms with Gasteiger partial charge in [0, 0.05) is 5.56 Å². The maximum absolute atomic E-state index is 10.0. The zero-order valence-electron chi connectivity index (χ0n) is 10.4. The summed E-state index contributed by atoms with van der Waals surface area (Å²) in [6, 6.07) is 12.1. The summed E-state index contributed by atoms with van der Waals surface area (Å²) in [6.45, 7) is 6.25. The van der Waals surface area contributed by atoms with E-state index in [2.05, 4.69) is 20.8 Å². The number of aldehydes is 1. The van der Waals surface area contributed by atoms with E-state index in [4.69, 9.17) is 0 Å². The zero-order valence-corrected chi connectivity index (χ0v) is 11.4. The van der Waals surface area contributed by atoms with Gasteiger partial charge in [-0.2, -0.15) is 0 Å². The molecule has 0 radical (unpaired) electrons. The lowest BCUT2D eigenvalue weighted by molar-refractivity contribution is 0.112. The van der Waals surface area contributed by atoms with E-state index < -0.39 is 8.32 Å². The maximum atomic E-state index is 10.0. The Bertz CT molecular complexity index is 273. The van der Waals surface area contributed by atoms with Crippen molar-refractivity contribution in [3.05, 3.63) is 35.9 Å². The first kappa shape index (κ1) is 15.1. The summed E-state index contributed by atoms with van der Waals surface area (Å²) in [4.78, 5) is 19.6. The number of carbonyl (C=O) groups is 1. The first-order chi connectivity index (χ1) is 7.61. The minimum absolute atomic E-state index is 0.729. The van der Waals surface area contributed by atoms with Gasteiger partial charge >= 0.3 is 0 Å². The Hall–Kier alpha value is -0.933. The highest BCUT2D eigenvalue weighted by atomic mass is 28.4. The molecule has 0 unspecified atom stereocenters. The summed E-state index contributed by atoms with van der Waals surface area (Å²) in [7, 11) is -1.67. The Morgan fingerprint density at radius 1 is 1.06 bits per heavy atom. The fourth-order valence-corrected chi connectivity index (χ4v) is 2.78. The van der Waals surface area contributed by atoms with Crippen LogP contribution in [0.15, 0.2) is 30.3 Å². The van der Waals surface area contributed by atoms with Crippen molar-refractivity contribution < 1.29 is 9.59 Å². The van der Waals surface area contributed by atoms with Gasteiger partial charge in [0.2, 0.25) is 0 Å². The monoisotopic (exact) mass is 238 g/mol. The van der Waals surface area contributed by atoms with E-state index in [1.807, 2.05) is 18.2 Å². The molecule has 0 amide bonds. The fourth-order valence-electron chi connectivity index (χ4n) is 1.28. The Balaban J connectivity index is 0.000000281. The average Bonchev–Trinajstić information content (AvgIpc) is 2.39. The first-order valence-electron chi connectivity index (χ1n) is 5.84. The highest BCUT2D eigenvalue weighted by Crippen LogP contribution is 2.14. The molecule has 1 rings (SSSR count). The molecule has 3 heteroatoms. The molecule has 0 aliphatic heterocycles. The summed E-state index contributed by atoms with van der Waals surface area (Å²) in [5.41, 5.74) is 0.729. The van der Waals surface area contributed by atoms with Crippen LogP contribution in [0.1, 0.15) is 31.1 Å². The molecule has 0 aliphatic rings. The van der Waals surface area contributed by atoms with Gasteiger partial charge in [-0.25, -0.2) is 0 Å². The molecule has 0 saturated carbocycles. The highest BCUT2D eigenvalue weighted by molar-refractivity contribution is 6.72. The van der Waals surface area contributed by atoms with Crippen LogP contribution in [0.2, 0.25) is 18.1 Å². The van der Waals surface area contributed by atoms with Crippen LogP contribution in [0, 0.1) is 0 Å². The number of hydrogen-bond acceptors (Lipinski definition) is 2. The van der Waals surface area contributed by atoms with Gasteiger partial charge in [-0.05, 0) is 18.1 Å². The van der Waals surface area contributed by atoms with Gasteiger partial charge < -0.3 is 4.80 Å². The third-order valence-electron chi connectivity index (χ3n) is 2.91. The average molecular weight is 238 g/mol. The molecule has 0 atom stereocenters. The SMILES string of the molecule is CC[Si](O)(CC)CC.O=Cc1ccccc1. The second-order valence-corrected chi connectivity index (χ2v) is 8.38. The lowest BCUT2D eigenvalue weighted by atomic mass is 10.2. The van der Waals surface area contributed by atoms with Gasteiger partial charge in [-0.15, -0.1) is 0 Å². The van der Waals surface area contributed by atoms with E-state index in [9.17, 15) is 9.59 Å². The van der Waals surface area contributed by atoms with Gasteiger partial charge in [-0.1, -0.05) is 51.1 Å². The van der Waals surface area contributed by atoms with Gasteiger partial charge in [-0.3, -0.25) is 4.79 Å². The predicted molar refractivity (Wildman–Crippen MR) is 71.2 cm³/mol.